The van der Waals surface area contributed by atoms with Crippen LogP contribution < -0.4 is 5.32 Å². The molecule has 0 bridgehead atoms. The van der Waals surface area contributed by atoms with Gasteiger partial charge in [0.15, 0.2) is 9.84 Å². The van der Waals surface area contributed by atoms with E-state index in [1.54, 1.807) is 43.3 Å². The molecule has 4 aromatic rings. The lowest BCUT2D eigenvalue weighted by Crippen LogP contribution is -2.25. The Morgan fingerprint density at radius 2 is 1.68 bits per heavy atom. The average Bonchev–Trinajstić information content (AvgIpc) is 3.21. The fraction of sp³-hybridized carbons (Fsp3) is 0.192. The minimum atomic E-state index is -4.63. The molecule has 2 heterocycles. The van der Waals surface area contributed by atoms with E-state index in [0.29, 0.717) is 11.3 Å². The van der Waals surface area contributed by atoms with Crippen LogP contribution >= 0.6 is 0 Å². The quantitative estimate of drug-likeness (QED) is 0.350. The van der Waals surface area contributed by atoms with E-state index < -0.39 is 27.6 Å². The van der Waals surface area contributed by atoms with Gasteiger partial charge in [-0.05, 0) is 56.3 Å². The Kier molecular flexibility index (Phi) is 7.17. The maximum atomic E-state index is 13.1. The number of rotatable bonds is 7. The lowest BCUT2D eigenvalue weighted by Gasteiger charge is -2.12. The number of hydrogen-bond acceptors (Lipinski definition) is 6. The number of sulfone groups is 1. The molecule has 0 saturated heterocycles. The Morgan fingerprint density at radius 1 is 1.00 bits per heavy atom. The standard InChI is InChI=1S/C26H22F3N3O4S/c1-16-5-11-21(12-6-16)37(34,35)15-22-17(2)36-25(32-22)19-9-7-18(8-10-19)24(33)31-14-20-4-3-13-30-23(20)26(27,28)29/h3-13H,14-15H2,1-2H3,(H,31,33). The zero-order valence-corrected chi connectivity index (χ0v) is 20.7. The molecule has 0 unspecified atom stereocenters. The molecule has 7 nitrogen and oxygen atoms in total. The first-order valence-electron chi connectivity index (χ1n) is 11.1. The van der Waals surface area contributed by atoms with Crippen molar-refractivity contribution in [1.82, 2.24) is 15.3 Å². The molecule has 0 fully saturated rings. The van der Waals surface area contributed by atoms with E-state index in [1.165, 1.54) is 24.3 Å². The number of hydrogen-bond donors (Lipinski definition) is 1. The van der Waals surface area contributed by atoms with Gasteiger partial charge in [0.25, 0.3) is 5.91 Å². The monoisotopic (exact) mass is 529 g/mol. The van der Waals surface area contributed by atoms with E-state index in [2.05, 4.69) is 15.3 Å². The second kappa shape index (κ2) is 10.2. The van der Waals surface area contributed by atoms with Crippen LogP contribution in [-0.2, 0) is 28.3 Å². The van der Waals surface area contributed by atoms with Crippen molar-refractivity contribution in [3.63, 3.8) is 0 Å². The Bertz CT molecular complexity index is 1530. The van der Waals surface area contributed by atoms with Crippen LogP contribution in [0, 0.1) is 13.8 Å². The van der Waals surface area contributed by atoms with Crippen molar-refractivity contribution >= 4 is 15.7 Å². The lowest BCUT2D eigenvalue weighted by atomic mass is 10.1. The fourth-order valence-electron chi connectivity index (χ4n) is 3.57. The first-order chi connectivity index (χ1) is 17.4. The lowest BCUT2D eigenvalue weighted by molar-refractivity contribution is -0.141. The van der Waals surface area contributed by atoms with E-state index in [4.69, 9.17) is 4.42 Å². The maximum Gasteiger partial charge on any atom is 0.433 e. The largest absolute Gasteiger partial charge is 0.441 e. The Morgan fingerprint density at radius 3 is 2.32 bits per heavy atom. The van der Waals surface area contributed by atoms with Gasteiger partial charge in [0, 0.05) is 29.4 Å². The number of oxazole rings is 1. The summed E-state index contributed by atoms with van der Waals surface area (Å²) in [4.78, 5) is 20.4. The van der Waals surface area contributed by atoms with Crippen LogP contribution in [0.15, 0.2) is 76.2 Å². The molecule has 2 aromatic carbocycles. The number of carbonyl (C=O) groups is 1. The van der Waals surface area contributed by atoms with Crippen molar-refractivity contribution in [2.75, 3.05) is 0 Å². The van der Waals surface area contributed by atoms with E-state index in [-0.39, 0.29) is 39.9 Å². The van der Waals surface area contributed by atoms with E-state index in [1.807, 2.05) is 6.92 Å². The number of nitrogens with one attached hydrogen (secondary N) is 1. The van der Waals surface area contributed by atoms with Crippen LogP contribution in [0.25, 0.3) is 11.5 Å². The van der Waals surface area contributed by atoms with E-state index in [9.17, 15) is 26.4 Å². The summed E-state index contributed by atoms with van der Waals surface area (Å²) in [5.74, 6) is -0.370. The summed E-state index contributed by atoms with van der Waals surface area (Å²) in [6, 6.07) is 15.2. The Labute approximate surface area is 211 Å². The van der Waals surface area contributed by atoms with E-state index >= 15 is 0 Å². The maximum absolute atomic E-state index is 13.1. The van der Waals surface area contributed by atoms with Gasteiger partial charge in [0.05, 0.1) is 10.6 Å². The van der Waals surface area contributed by atoms with Crippen molar-refractivity contribution in [3.8, 4) is 11.5 Å². The van der Waals surface area contributed by atoms with Crippen molar-refractivity contribution < 1.29 is 30.8 Å². The van der Waals surface area contributed by atoms with Gasteiger partial charge in [0.1, 0.15) is 17.2 Å². The Hall–Kier alpha value is -3.99. The van der Waals surface area contributed by atoms with Gasteiger partial charge >= 0.3 is 6.18 Å². The zero-order valence-electron chi connectivity index (χ0n) is 19.8. The van der Waals surface area contributed by atoms with Crippen molar-refractivity contribution in [2.24, 2.45) is 0 Å². The van der Waals surface area contributed by atoms with Gasteiger partial charge in [-0.15, -0.1) is 0 Å². The number of aromatic nitrogens is 2. The normalized spacial score (nSPS) is 11.9. The molecule has 0 aliphatic rings. The van der Waals surface area contributed by atoms with Crippen molar-refractivity contribution in [1.29, 1.82) is 0 Å². The number of carbonyl (C=O) groups excluding carboxylic acids is 1. The van der Waals surface area contributed by atoms with Gasteiger partial charge in [-0.25, -0.2) is 13.4 Å². The van der Waals surface area contributed by atoms with Crippen LogP contribution in [0.5, 0.6) is 0 Å². The smallest absolute Gasteiger partial charge is 0.433 e. The summed E-state index contributed by atoms with van der Waals surface area (Å²) < 4.78 is 70.5. The number of aryl methyl sites for hydroxylation is 2. The molecule has 11 heteroatoms. The number of benzene rings is 2. The van der Waals surface area contributed by atoms with Gasteiger partial charge in [-0.3, -0.25) is 9.78 Å². The third-order valence-electron chi connectivity index (χ3n) is 5.59. The summed E-state index contributed by atoms with van der Waals surface area (Å²) in [6.07, 6.45) is -3.59. The third-order valence-corrected chi connectivity index (χ3v) is 7.24. The van der Waals surface area contributed by atoms with Crippen LogP contribution in [-0.4, -0.2) is 24.3 Å². The topological polar surface area (TPSA) is 102 Å². The molecule has 37 heavy (non-hydrogen) atoms. The molecule has 1 N–H and O–H groups in total. The number of alkyl halides is 3. The molecular formula is C26H22F3N3O4S. The van der Waals surface area contributed by atoms with Crippen LogP contribution in [0.2, 0.25) is 0 Å². The highest BCUT2D eigenvalue weighted by Gasteiger charge is 2.35. The number of halogens is 3. The highest BCUT2D eigenvalue weighted by atomic mass is 32.2. The van der Waals surface area contributed by atoms with Crippen molar-refractivity contribution in [3.05, 3.63) is 101 Å². The Balaban J connectivity index is 1.45. The molecule has 0 radical (unpaired) electrons. The zero-order chi connectivity index (χ0) is 26.8. The fourth-order valence-corrected chi connectivity index (χ4v) is 4.92. The first-order valence-corrected chi connectivity index (χ1v) is 12.7. The molecule has 2 aromatic heterocycles. The summed E-state index contributed by atoms with van der Waals surface area (Å²) in [7, 11) is -3.63. The number of amides is 1. The summed E-state index contributed by atoms with van der Waals surface area (Å²) in [5.41, 5.74) is 0.735. The number of nitrogens with zero attached hydrogens (tertiary/aromatic N) is 2. The second-order valence-electron chi connectivity index (χ2n) is 8.36. The van der Waals surface area contributed by atoms with Gasteiger partial charge in [0.2, 0.25) is 5.89 Å². The number of pyridine rings is 1. The molecule has 0 spiro atoms. The predicted octanol–water partition coefficient (Wildman–Crippen LogP) is 5.28. The highest BCUT2D eigenvalue weighted by molar-refractivity contribution is 7.90. The molecule has 0 saturated carbocycles. The first kappa shape index (κ1) is 26.1. The second-order valence-corrected chi connectivity index (χ2v) is 10.4. The van der Waals surface area contributed by atoms with Gasteiger partial charge in [-0.2, -0.15) is 13.2 Å². The van der Waals surface area contributed by atoms with Crippen LogP contribution in [0.4, 0.5) is 13.2 Å². The molecule has 1 amide bonds. The molecular weight excluding hydrogens is 507 g/mol. The SMILES string of the molecule is Cc1ccc(S(=O)(=O)Cc2nc(-c3ccc(C(=O)NCc4cccnc4C(F)(F)F)cc3)oc2C)cc1. The van der Waals surface area contributed by atoms with Gasteiger partial charge in [-0.1, -0.05) is 23.8 Å². The van der Waals surface area contributed by atoms with E-state index in [0.717, 1.165) is 11.8 Å². The minimum absolute atomic E-state index is 0.150. The highest BCUT2D eigenvalue weighted by Crippen LogP contribution is 2.30. The minimum Gasteiger partial charge on any atom is -0.441 e. The summed E-state index contributed by atoms with van der Waals surface area (Å²) in [6.45, 7) is 3.14. The molecule has 0 aliphatic heterocycles. The third kappa shape index (κ3) is 6.05. The molecule has 0 aliphatic carbocycles. The predicted molar refractivity (Wildman–Crippen MR) is 129 cm³/mol. The van der Waals surface area contributed by atoms with Gasteiger partial charge < -0.3 is 9.73 Å². The summed E-state index contributed by atoms with van der Waals surface area (Å²) >= 11 is 0. The van der Waals surface area contributed by atoms with Crippen LogP contribution in [0.3, 0.4) is 0 Å². The molecule has 192 valence electrons. The summed E-state index contributed by atoms with van der Waals surface area (Å²) in [5, 5.41) is 2.46. The average molecular weight is 530 g/mol. The molecule has 4 rings (SSSR count). The van der Waals surface area contributed by atoms with Crippen LogP contribution in [0.1, 0.15) is 38.6 Å². The van der Waals surface area contributed by atoms with Crippen molar-refractivity contribution in [2.45, 2.75) is 37.2 Å². The molecule has 0 atom stereocenters.